The van der Waals surface area contributed by atoms with Crippen LogP contribution in [-0.4, -0.2) is 0 Å². The first-order valence-corrected chi connectivity index (χ1v) is 15.0. The van der Waals surface area contributed by atoms with Gasteiger partial charge in [0.15, 0.2) is 0 Å². The number of hydrogen-bond acceptors (Lipinski definition) is 2. The molecule has 2 heteroatoms. The molecule has 0 saturated heterocycles. The summed E-state index contributed by atoms with van der Waals surface area (Å²) in [5.41, 5.74) is 6.40. The summed E-state index contributed by atoms with van der Waals surface area (Å²) in [7, 11) is 0. The largest absolute Gasteiger partial charge is 0.362 e. The van der Waals surface area contributed by atoms with E-state index in [1.54, 1.807) is 0 Å². The molecule has 2 N–H and O–H groups in total. The van der Waals surface area contributed by atoms with Crippen LogP contribution >= 0.6 is 0 Å². The van der Waals surface area contributed by atoms with Crippen molar-refractivity contribution >= 4 is 11.4 Å². The van der Waals surface area contributed by atoms with E-state index in [9.17, 15) is 0 Å². The van der Waals surface area contributed by atoms with E-state index in [1.165, 1.54) is 107 Å². The quantitative estimate of drug-likeness (QED) is 0.127. The molecular weight excluding hydrogens is 448 g/mol. The van der Waals surface area contributed by atoms with Crippen molar-refractivity contribution in [3.63, 3.8) is 0 Å². The lowest BCUT2D eigenvalue weighted by atomic mass is 10.0. The Morgan fingerprint density at radius 1 is 0.459 bits per heavy atom. The summed E-state index contributed by atoms with van der Waals surface area (Å²) in [6, 6.07) is 28.7. The molecule has 0 aromatic heterocycles. The molecule has 0 spiro atoms. The number of anilines is 2. The normalized spacial score (nSPS) is 11.1. The first-order valence-electron chi connectivity index (χ1n) is 15.0. The van der Waals surface area contributed by atoms with Gasteiger partial charge in [-0.1, -0.05) is 133 Å². The summed E-state index contributed by atoms with van der Waals surface area (Å²) in [6.45, 7) is 4.56. The Hall–Kier alpha value is -2.74. The lowest BCUT2D eigenvalue weighted by molar-refractivity contribution is 0.607. The first-order chi connectivity index (χ1) is 18.3. The van der Waals surface area contributed by atoms with Crippen LogP contribution in [0, 0.1) is 0 Å². The minimum atomic E-state index is 0.00929. The van der Waals surface area contributed by atoms with Crippen LogP contribution in [0.15, 0.2) is 78.9 Å². The highest BCUT2D eigenvalue weighted by Gasteiger charge is 2.11. The summed E-state index contributed by atoms with van der Waals surface area (Å²) >= 11 is 0. The molecule has 0 amide bonds. The average molecular weight is 499 g/mol. The van der Waals surface area contributed by atoms with E-state index in [4.69, 9.17) is 0 Å². The second kappa shape index (κ2) is 17.7. The summed E-state index contributed by atoms with van der Waals surface area (Å²) in [5.74, 6) is 0. The number of unbranched alkanes of at least 4 members (excludes halogenated alkanes) is 10. The van der Waals surface area contributed by atoms with Gasteiger partial charge in [0.1, 0.15) is 6.17 Å². The van der Waals surface area contributed by atoms with Crippen LogP contribution in [0.25, 0.3) is 0 Å². The van der Waals surface area contributed by atoms with Crippen molar-refractivity contribution in [2.75, 3.05) is 10.6 Å². The van der Waals surface area contributed by atoms with Crippen LogP contribution in [-0.2, 0) is 12.8 Å². The van der Waals surface area contributed by atoms with Gasteiger partial charge in [-0.2, -0.15) is 0 Å². The Balaban J connectivity index is 1.52. The molecule has 0 heterocycles. The molecule has 0 radical (unpaired) electrons. The summed E-state index contributed by atoms with van der Waals surface area (Å²) in [5, 5.41) is 7.45. The molecule has 0 aliphatic heterocycles. The standard InChI is InChI=1S/C35H50N2/c1-3-5-7-9-11-14-18-30-22-26-33(27-23-30)36-35(32-20-16-13-17-21-32)37-34-28-24-31(25-29-34)19-15-12-10-8-6-4-2/h13,16-17,20-29,35-37H,3-12,14-15,18-19H2,1-2H3. The van der Waals surface area contributed by atoms with Crippen LogP contribution in [0.2, 0.25) is 0 Å². The molecule has 0 fully saturated rings. The van der Waals surface area contributed by atoms with Crippen LogP contribution in [0.3, 0.4) is 0 Å². The molecule has 0 unspecified atom stereocenters. The second-order valence-electron chi connectivity index (χ2n) is 10.6. The third kappa shape index (κ3) is 11.5. The van der Waals surface area contributed by atoms with E-state index in [1.807, 2.05) is 0 Å². The summed E-state index contributed by atoms with van der Waals surface area (Å²) < 4.78 is 0. The zero-order valence-electron chi connectivity index (χ0n) is 23.5. The molecule has 2 nitrogen and oxygen atoms in total. The minimum Gasteiger partial charge on any atom is -0.362 e. The lowest BCUT2D eigenvalue weighted by Gasteiger charge is -2.23. The van der Waals surface area contributed by atoms with Crippen LogP contribution < -0.4 is 10.6 Å². The number of rotatable bonds is 19. The molecule has 0 aliphatic rings. The fraction of sp³-hybridized carbons (Fsp3) is 0.486. The van der Waals surface area contributed by atoms with E-state index in [-0.39, 0.29) is 6.17 Å². The highest BCUT2D eigenvalue weighted by atomic mass is 15.1. The summed E-state index contributed by atoms with van der Waals surface area (Å²) in [6.07, 6.45) is 18.5. The number of hydrogen-bond donors (Lipinski definition) is 2. The van der Waals surface area contributed by atoms with Crippen molar-refractivity contribution in [2.45, 2.75) is 110 Å². The monoisotopic (exact) mass is 498 g/mol. The predicted octanol–water partition coefficient (Wildman–Crippen LogP) is 10.7. The Labute approximate surface area is 227 Å². The van der Waals surface area contributed by atoms with Crippen molar-refractivity contribution in [1.29, 1.82) is 0 Å². The van der Waals surface area contributed by atoms with E-state index in [0.29, 0.717) is 0 Å². The SMILES string of the molecule is CCCCCCCCc1ccc(NC(Nc2ccc(CCCCCCCC)cc2)c2ccccc2)cc1. The van der Waals surface area contributed by atoms with Gasteiger partial charge in [0.25, 0.3) is 0 Å². The summed E-state index contributed by atoms with van der Waals surface area (Å²) in [4.78, 5) is 0. The molecule has 3 aromatic rings. The maximum Gasteiger partial charge on any atom is 0.123 e. The Morgan fingerprint density at radius 3 is 1.30 bits per heavy atom. The zero-order valence-corrected chi connectivity index (χ0v) is 23.5. The van der Waals surface area contributed by atoms with Gasteiger partial charge < -0.3 is 10.6 Å². The maximum absolute atomic E-state index is 3.72. The van der Waals surface area contributed by atoms with Crippen molar-refractivity contribution in [3.8, 4) is 0 Å². The fourth-order valence-electron chi connectivity index (χ4n) is 4.94. The molecule has 200 valence electrons. The minimum absolute atomic E-state index is 0.00929. The van der Waals surface area contributed by atoms with Crippen molar-refractivity contribution in [3.05, 3.63) is 95.6 Å². The van der Waals surface area contributed by atoms with Gasteiger partial charge in [0.05, 0.1) is 0 Å². The average Bonchev–Trinajstić information content (AvgIpc) is 2.94. The maximum atomic E-state index is 3.72. The van der Waals surface area contributed by atoms with Crippen molar-refractivity contribution in [1.82, 2.24) is 0 Å². The third-order valence-electron chi connectivity index (χ3n) is 7.30. The van der Waals surface area contributed by atoms with Gasteiger partial charge in [0.2, 0.25) is 0 Å². The zero-order chi connectivity index (χ0) is 26.0. The number of benzene rings is 3. The molecular formula is C35H50N2. The van der Waals surface area contributed by atoms with Gasteiger partial charge in [-0.25, -0.2) is 0 Å². The van der Waals surface area contributed by atoms with E-state index in [0.717, 1.165) is 11.4 Å². The number of nitrogens with one attached hydrogen (secondary N) is 2. The van der Waals surface area contributed by atoms with E-state index >= 15 is 0 Å². The third-order valence-corrected chi connectivity index (χ3v) is 7.30. The fourth-order valence-corrected chi connectivity index (χ4v) is 4.94. The number of aryl methyl sites for hydroxylation is 2. The highest BCUT2D eigenvalue weighted by Crippen LogP contribution is 2.24. The van der Waals surface area contributed by atoms with Gasteiger partial charge in [0, 0.05) is 11.4 Å². The molecule has 37 heavy (non-hydrogen) atoms. The van der Waals surface area contributed by atoms with Gasteiger partial charge in [-0.3, -0.25) is 0 Å². The molecule has 0 bridgehead atoms. The Morgan fingerprint density at radius 2 is 0.865 bits per heavy atom. The van der Waals surface area contributed by atoms with Gasteiger partial charge in [-0.15, -0.1) is 0 Å². The molecule has 3 rings (SSSR count). The Bertz CT molecular complexity index is 885. The Kier molecular flexibility index (Phi) is 13.8. The van der Waals surface area contributed by atoms with Gasteiger partial charge >= 0.3 is 0 Å². The van der Waals surface area contributed by atoms with Crippen LogP contribution in [0.5, 0.6) is 0 Å². The van der Waals surface area contributed by atoms with Gasteiger partial charge in [-0.05, 0) is 66.6 Å². The second-order valence-corrected chi connectivity index (χ2v) is 10.6. The van der Waals surface area contributed by atoms with E-state index < -0.39 is 0 Å². The first kappa shape index (κ1) is 28.8. The van der Waals surface area contributed by atoms with E-state index in [2.05, 4.69) is 103 Å². The molecule has 0 atom stereocenters. The lowest BCUT2D eigenvalue weighted by Crippen LogP contribution is -2.19. The van der Waals surface area contributed by atoms with Crippen LogP contribution in [0.1, 0.15) is 114 Å². The topological polar surface area (TPSA) is 24.1 Å². The molecule has 0 aliphatic carbocycles. The smallest absolute Gasteiger partial charge is 0.123 e. The highest BCUT2D eigenvalue weighted by molar-refractivity contribution is 5.52. The molecule has 3 aromatic carbocycles. The predicted molar refractivity (Wildman–Crippen MR) is 163 cm³/mol. The molecule has 0 saturated carbocycles. The van der Waals surface area contributed by atoms with Crippen LogP contribution in [0.4, 0.5) is 11.4 Å². The van der Waals surface area contributed by atoms with Crippen molar-refractivity contribution < 1.29 is 0 Å². The van der Waals surface area contributed by atoms with Crippen molar-refractivity contribution in [2.24, 2.45) is 0 Å².